The van der Waals surface area contributed by atoms with E-state index in [1.54, 1.807) is 0 Å². The van der Waals surface area contributed by atoms with Gasteiger partial charge in [-0.25, -0.2) is 4.79 Å². The van der Waals surface area contributed by atoms with Crippen LogP contribution in [0.3, 0.4) is 0 Å². The first-order valence-electron chi connectivity index (χ1n) is 15.0. The molecule has 0 saturated heterocycles. The van der Waals surface area contributed by atoms with Crippen molar-refractivity contribution in [1.82, 2.24) is 16.0 Å². The Kier molecular flexibility index (Phi) is 11.3. The van der Waals surface area contributed by atoms with Crippen LogP contribution >= 0.6 is 0 Å². The van der Waals surface area contributed by atoms with Gasteiger partial charge in [0, 0.05) is 43.1 Å². The molecule has 0 fully saturated rings. The predicted octanol–water partition coefficient (Wildman–Crippen LogP) is 3.61. The minimum atomic E-state index is -0.469. The van der Waals surface area contributed by atoms with E-state index in [2.05, 4.69) is 22.0 Å². The molecule has 5 N–H and O–H groups in total. The van der Waals surface area contributed by atoms with Gasteiger partial charge in [-0.2, -0.15) is 0 Å². The lowest BCUT2D eigenvalue weighted by Gasteiger charge is -2.32. The quantitative estimate of drug-likeness (QED) is 0.290. The summed E-state index contributed by atoms with van der Waals surface area (Å²) in [6, 6.07) is 11.9. The Balaban J connectivity index is 1.64. The van der Waals surface area contributed by atoms with Gasteiger partial charge in [-0.05, 0) is 66.0 Å². The number of alkyl carbamates (subject to hydrolysis) is 1. The zero-order chi connectivity index (χ0) is 30.0. The zero-order valence-electron chi connectivity index (χ0n) is 24.8. The molecule has 1 heterocycles. The first-order valence-corrected chi connectivity index (χ1v) is 15.0. The minimum Gasteiger partial charge on any atom is -0.449 e. The number of carbonyl (C=O) groups is 3. The second kappa shape index (κ2) is 15.1. The number of ether oxygens (including phenoxy) is 3. The molecule has 2 aliphatic rings. The van der Waals surface area contributed by atoms with E-state index in [1.165, 1.54) is 0 Å². The number of hydrogen-bond acceptors (Lipinski definition) is 7. The van der Waals surface area contributed by atoms with Gasteiger partial charge in [-0.3, -0.25) is 9.59 Å². The summed E-state index contributed by atoms with van der Waals surface area (Å²) < 4.78 is 16.8. The van der Waals surface area contributed by atoms with Crippen molar-refractivity contribution in [2.24, 2.45) is 5.73 Å². The van der Waals surface area contributed by atoms with Gasteiger partial charge in [-0.15, -0.1) is 0 Å². The number of aryl methyl sites for hydroxylation is 1. The van der Waals surface area contributed by atoms with Crippen LogP contribution in [0.4, 0.5) is 4.79 Å². The van der Waals surface area contributed by atoms with E-state index < -0.39 is 11.6 Å². The van der Waals surface area contributed by atoms with E-state index in [-0.39, 0.29) is 31.1 Å². The Morgan fingerprint density at radius 3 is 2.74 bits per heavy atom. The van der Waals surface area contributed by atoms with Crippen molar-refractivity contribution in [1.29, 1.82) is 0 Å². The standard InChI is InChI=1S/C32H44N4O6/c1-3-32(4-2)13-16-40-17-14-34-28(37)10-5-7-22-11-12-24-26(19-22)27(20-42-31(39)36-32)23-8-6-9-25(29(23)24)30(38)35-15-18-41-21-33/h6,8-9,11-12,19,27H,3-5,7,10,13-18,20-21,33H2,1-2H3,(H,34,37)(H,35,38)(H,36,39). The zero-order valence-corrected chi connectivity index (χ0v) is 24.8. The predicted molar refractivity (Wildman–Crippen MR) is 160 cm³/mol. The average molecular weight is 581 g/mol. The van der Waals surface area contributed by atoms with Crippen molar-refractivity contribution >= 4 is 17.9 Å². The smallest absolute Gasteiger partial charge is 0.407 e. The molecule has 10 nitrogen and oxygen atoms in total. The highest BCUT2D eigenvalue weighted by Gasteiger charge is 2.34. The number of hydrogen-bond donors (Lipinski definition) is 4. The van der Waals surface area contributed by atoms with Gasteiger partial charge in [0.05, 0.1) is 19.9 Å². The molecule has 0 aromatic heterocycles. The Morgan fingerprint density at radius 1 is 1.12 bits per heavy atom. The van der Waals surface area contributed by atoms with E-state index >= 15 is 0 Å². The van der Waals surface area contributed by atoms with Crippen LogP contribution in [0.5, 0.6) is 0 Å². The fourth-order valence-electron chi connectivity index (χ4n) is 5.82. The molecule has 0 radical (unpaired) electrons. The number of amides is 3. The first-order chi connectivity index (χ1) is 20.4. The first kappa shape index (κ1) is 31.5. The molecule has 4 rings (SSSR count). The lowest BCUT2D eigenvalue weighted by molar-refractivity contribution is -0.121. The average Bonchev–Trinajstić information content (AvgIpc) is 3.31. The second-order valence-electron chi connectivity index (χ2n) is 10.9. The molecule has 0 spiro atoms. The minimum absolute atomic E-state index is 0.00704. The maximum Gasteiger partial charge on any atom is 0.407 e. The fraction of sp³-hybridized carbons (Fsp3) is 0.531. The lowest BCUT2D eigenvalue weighted by atomic mass is 9.89. The summed E-state index contributed by atoms with van der Waals surface area (Å²) >= 11 is 0. The molecule has 1 atom stereocenters. The molecule has 0 saturated carbocycles. The van der Waals surface area contributed by atoms with E-state index in [0.717, 1.165) is 47.1 Å². The van der Waals surface area contributed by atoms with E-state index in [4.69, 9.17) is 19.9 Å². The van der Waals surface area contributed by atoms with Crippen molar-refractivity contribution in [3.63, 3.8) is 0 Å². The highest BCUT2D eigenvalue weighted by molar-refractivity contribution is 6.03. The third-order valence-electron chi connectivity index (χ3n) is 8.39. The van der Waals surface area contributed by atoms with Crippen LogP contribution in [0.15, 0.2) is 36.4 Å². The third-order valence-corrected chi connectivity index (χ3v) is 8.39. The molecule has 2 aromatic carbocycles. The molecule has 10 heteroatoms. The molecule has 42 heavy (non-hydrogen) atoms. The van der Waals surface area contributed by atoms with Crippen molar-refractivity contribution in [2.75, 3.05) is 46.2 Å². The molecule has 228 valence electrons. The van der Waals surface area contributed by atoms with Crippen LogP contribution in [0.25, 0.3) is 11.1 Å². The number of benzene rings is 2. The van der Waals surface area contributed by atoms with Gasteiger partial charge in [0.15, 0.2) is 0 Å². The molecular formula is C32H44N4O6. The van der Waals surface area contributed by atoms with Crippen LogP contribution in [-0.2, 0) is 25.4 Å². The Labute approximate surface area is 248 Å². The molecule has 2 bridgehead atoms. The number of nitrogens with two attached hydrogens (primary N) is 1. The van der Waals surface area contributed by atoms with Gasteiger partial charge < -0.3 is 35.9 Å². The van der Waals surface area contributed by atoms with E-state index in [1.807, 2.05) is 44.2 Å². The fourth-order valence-corrected chi connectivity index (χ4v) is 5.82. The summed E-state index contributed by atoms with van der Waals surface area (Å²) in [6.07, 6.45) is 3.48. The molecular weight excluding hydrogens is 536 g/mol. The summed E-state index contributed by atoms with van der Waals surface area (Å²) in [5.74, 6) is -0.430. The highest BCUT2D eigenvalue weighted by atomic mass is 16.5. The van der Waals surface area contributed by atoms with Crippen LogP contribution in [0.2, 0.25) is 0 Å². The van der Waals surface area contributed by atoms with Gasteiger partial charge >= 0.3 is 6.09 Å². The van der Waals surface area contributed by atoms with E-state index in [9.17, 15) is 14.4 Å². The number of cyclic esters (lactones) is 1. The second-order valence-corrected chi connectivity index (χ2v) is 10.9. The van der Waals surface area contributed by atoms with Crippen LogP contribution in [-0.4, -0.2) is 69.7 Å². The number of rotatable bonds is 7. The maximum atomic E-state index is 13.2. The lowest BCUT2D eigenvalue weighted by Crippen LogP contribution is -2.48. The molecule has 2 aromatic rings. The summed E-state index contributed by atoms with van der Waals surface area (Å²) in [6.45, 7) is 6.31. The monoisotopic (exact) mass is 580 g/mol. The summed E-state index contributed by atoms with van der Waals surface area (Å²) in [4.78, 5) is 38.7. The van der Waals surface area contributed by atoms with Crippen LogP contribution in [0.1, 0.15) is 78.9 Å². The van der Waals surface area contributed by atoms with Gasteiger partial charge in [-0.1, -0.05) is 44.2 Å². The normalized spacial score (nSPS) is 19.3. The molecule has 1 aliphatic heterocycles. The SMILES string of the molecule is CCC1(CC)CCOCCNC(=O)CCCc2ccc3c(c2)C(COC(=O)N1)c1cccc(C(=O)NCCOCN)c1-3. The van der Waals surface area contributed by atoms with Crippen LogP contribution < -0.4 is 21.7 Å². The molecule has 1 aliphatic carbocycles. The maximum absolute atomic E-state index is 13.2. The van der Waals surface area contributed by atoms with Gasteiger partial charge in [0.2, 0.25) is 5.91 Å². The topological polar surface area (TPSA) is 141 Å². The molecule has 3 amide bonds. The third kappa shape index (κ3) is 7.67. The number of nitrogens with one attached hydrogen (secondary N) is 3. The highest BCUT2D eigenvalue weighted by Crippen LogP contribution is 2.47. The van der Waals surface area contributed by atoms with Crippen molar-refractivity contribution in [3.8, 4) is 11.1 Å². The Hall–Kier alpha value is -3.47. The number of carbonyl (C=O) groups excluding carboxylic acids is 3. The van der Waals surface area contributed by atoms with Gasteiger partial charge in [0.1, 0.15) is 6.61 Å². The van der Waals surface area contributed by atoms with Crippen LogP contribution in [0, 0.1) is 0 Å². The Bertz CT molecular complexity index is 1250. The Morgan fingerprint density at radius 2 is 1.95 bits per heavy atom. The van der Waals surface area contributed by atoms with Crippen molar-refractivity contribution in [3.05, 3.63) is 58.7 Å². The largest absolute Gasteiger partial charge is 0.449 e. The van der Waals surface area contributed by atoms with Crippen molar-refractivity contribution < 1.29 is 28.6 Å². The number of fused-ring (bicyclic) bond motifs is 4. The summed E-state index contributed by atoms with van der Waals surface area (Å²) in [5, 5.41) is 8.95. The van der Waals surface area contributed by atoms with Gasteiger partial charge in [0.25, 0.3) is 5.91 Å². The van der Waals surface area contributed by atoms with E-state index in [0.29, 0.717) is 57.7 Å². The summed E-state index contributed by atoms with van der Waals surface area (Å²) in [5.41, 5.74) is 10.3. The molecule has 1 unspecified atom stereocenters. The van der Waals surface area contributed by atoms with Crippen molar-refractivity contribution in [2.45, 2.75) is 63.8 Å². The summed E-state index contributed by atoms with van der Waals surface area (Å²) in [7, 11) is 0.